The molecule has 4 nitrogen and oxygen atoms in total. The molecule has 2 N–H and O–H groups in total. The van der Waals surface area contributed by atoms with E-state index in [2.05, 4.69) is 10.0 Å². The highest BCUT2D eigenvalue weighted by atomic mass is 35.5. The molecule has 0 saturated carbocycles. The van der Waals surface area contributed by atoms with Crippen molar-refractivity contribution in [3.05, 3.63) is 45.5 Å². The third kappa shape index (κ3) is 4.75. The van der Waals surface area contributed by atoms with Gasteiger partial charge >= 0.3 is 0 Å². The van der Waals surface area contributed by atoms with Crippen LogP contribution in [0.15, 0.2) is 29.8 Å². The van der Waals surface area contributed by atoms with Crippen molar-refractivity contribution in [2.24, 2.45) is 0 Å². The molecule has 1 aliphatic heterocycles. The lowest BCUT2D eigenvalue weighted by molar-refractivity contribution is 0.581. The van der Waals surface area contributed by atoms with E-state index in [4.69, 9.17) is 23.2 Å². The lowest BCUT2D eigenvalue weighted by Crippen LogP contribution is -2.30. The molecule has 1 heterocycles. The van der Waals surface area contributed by atoms with Gasteiger partial charge in [-0.1, -0.05) is 40.9 Å². The number of hydrogen-bond acceptors (Lipinski definition) is 3. The Bertz CT molecular complexity index is 615. The first kappa shape index (κ1) is 15.8. The van der Waals surface area contributed by atoms with E-state index in [1.54, 1.807) is 18.2 Å². The van der Waals surface area contributed by atoms with Crippen LogP contribution in [0.5, 0.6) is 0 Å². The molecule has 0 saturated heterocycles. The highest BCUT2D eigenvalue weighted by Gasteiger charge is 2.13. The first-order chi connectivity index (χ1) is 9.46. The number of benzene rings is 1. The van der Waals surface area contributed by atoms with Crippen molar-refractivity contribution in [3.8, 4) is 0 Å². The van der Waals surface area contributed by atoms with Crippen LogP contribution in [0, 0.1) is 0 Å². The van der Waals surface area contributed by atoms with Crippen LogP contribution in [0.3, 0.4) is 0 Å². The Balaban J connectivity index is 1.96. The zero-order valence-corrected chi connectivity index (χ0v) is 13.2. The maximum absolute atomic E-state index is 12.0. The van der Waals surface area contributed by atoms with E-state index in [1.165, 1.54) is 0 Å². The van der Waals surface area contributed by atoms with Crippen LogP contribution in [0.25, 0.3) is 0 Å². The summed E-state index contributed by atoms with van der Waals surface area (Å²) in [5, 5.41) is 3.96. The predicted octanol–water partition coefficient (Wildman–Crippen LogP) is 2.33. The topological polar surface area (TPSA) is 58.2 Å². The van der Waals surface area contributed by atoms with E-state index in [9.17, 15) is 8.42 Å². The third-order valence-electron chi connectivity index (χ3n) is 3.02. The van der Waals surface area contributed by atoms with Crippen LogP contribution in [0.2, 0.25) is 10.0 Å². The highest BCUT2D eigenvalue weighted by Crippen LogP contribution is 2.23. The smallest absolute Gasteiger partial charge is 0.216 e. The van der Waals surface area contributed by atoms with Crippen molar-refractivity contribution in [3.63, 3.8) is 0 Å². The van der Waals surface area contributed by atoms with Crippen molar-refractivity contribution >= 4 is 33.2 Å². The average molecular weight is 335 g/mol. The lowest BCUT2D eigenvalue weighted by Gasteiger charge is -2.14. The molecule has 1 aromatic carbocycles. The normalized spacial score (nSPS) is 16.0. The molecule has 0 aliphatic carbocycles. The largest absolute Gasteiger partial charge is 0.313 e. The van der Waals surface area contributed by atoms with Gasteiger partial charge < -0.3 is 5.32 Å². The summed E-state index contributed by atoms with van der Waals surface area (Å²) in [6.07, 6.45) is 2.89. The second-order valence-corrected chi connectivity index (χ2v) is 7.27. The zero-order chi connectivity index (χ0) is 14.6. The van der Waals surface area contributed by atoms with Gasteiger partial charge in [-0.25, -0.2) is 13.1 Å². The van der Waals surface area contributed by atoms with Crippen molar-refractivity contribution in [2.75, 3.05) is 19.6 Å². The molecule has 20 heavy (non-hydrogen) atoms. The molecule has 1 aromatic rings. The molecule has 2 rings (SSSR count). The standard InChI is InChI=1S/C13H16Cl2N2O2S/c14-12-2-1-11(7-13(12)15)9-20(18,19)17-8-10-3-5-16-6-4-10/h1-3,7,16-17H,4-6,8-9H2. The fourth-order valence-corrected chi connectivity index (χ4v) is 3.38. The summed E-state index contributed by atoms with van der Waals surface area (Å²) < 4.78 is 26.6. The van der Waals surface area contributed by atoms with Crippen LogP contribution >= 0.6 is 23.2 Å². The second kappa shape index (κ2) is 6.91. The molecular weight excluding hydrogens is 319 g/mol. The molecule has 110 valence electrons. The first-order valence-electron chi connectivity index (χ1n) is 6.26. The van der Waals surface area contributed by atoms with Gasteiger partial charge in [-0.2, -0.15) is 0 Å². The number of sulfonamides is 1. The Kier molecular flexibility index (Phi) is 5.46. The lowest BCUT2D eigenvalue weighted by atomic mass is 10.1. The number of hydrogen-bond donors (Lipinski definition) is 2. The van der Waals surface area contributed by atoms with Gasteiger partial charge in [0.05, 0.1) is 15.8 Å². The van der Waals surface area contributed by atoms with Gasteiger partial charge in [0.15, 0.2) is 0 Å². The van der Waals surface area contributed by atoms with E-state index < -0.39 is 10.0 Å². The molecule has 0 atom stereocenters. The van der Waals surface area contributed by atoms with E-state index in [0.717, 1.165) is 25.1 Å². The molecule has 0 aromatic heterocycles. The quantitative estimate of drug-likeness (QED) is 0.812. The van der Waals surface area contributed by atoms with Gasteiger partial charge in [-0.05, 0) is 30.7 Å². The van der Waals surface area contributed by atoms with Crippen LogP contribution in [-0.2, 0) is 15.8 Å². The maximum atomic E-state index is 12.0. The Morgan fingerprint density at radius 1 is 1.25 bits per heavy atom. The molecule has 0 amide bonds. The van der Waals surface area contributed by atoms with Gasteiger partial charge in [0.25, 0.3) is 0 Å². The van der Waals surface area contributed by atoms with Crippen molar-refractivity contribution in [1.82, 2.24) is 10.0 Å². The fraction of sp³-hybridized carbons (Fsp3) is 0.385. The van der Waals surface area contributed by atoms with Crippen LogP contribution in [-0.4, -0.2) is 28.1 Å². The van der Waals surface area contributed by atoms with E-state index >= 15 is 0 Å². The minimum atomic E-state index is -3.38. The molecule has 0 radical (unpaired) electrons. The Morgan fingerprint density at radius 2 is 2.05 bits per heavy atom. The van der Waals surface area contributed by atoms with Crippen LogP contribution in [0.4, 0.5) is 0 Å². The Morgan fingerprint density at radius 3 is 2.70 bits per heavy atom. The highest BCUT2D eigenvalue weighted by molar-refractivity contribution is 7.88. The molecule has 0 bridgehead atoms. The van der Waals surface area contributed by atoms with Gasteiger partial charge in [-0.15, -0.1) is 0 Å². The number of halogens is 2. The SMILES string of the molecule is O=S(=O)(Cc1ccc(Cl)c(Cl)c1)NCC1=CCNCC1. The monoisotopic (exact) mass is 334 g/mol. The van der Waals surface area contributed by atoms with E-state index in [0.29, 0.717) is 22.2 Å². The van der Waals surface area contributed by atoms with Crippen LogP contribution in [0.1, 0.15) is 12.0 Å². The van der Waals surface area contributed by atoms with Gasteiger partial charge in [0, 0.05) is 13.1 Å². The fourth-order valence-electron chi connectivity index (χ4n) is 1.93. The van der Waals surface area contributed by atoms with Gasteiger partial charge in [0.2, 0.25) is 10.0 Å². The molecule has 0 unspecified atom stereocenters. The molecule has 7 heteroatoms. The first-order valence-corrected chi connectivity index (χ1v) is 8.67. The maximum Gasteiger partial charge on any atom is 0.216 e. The Labute approximate surface area is 129 Å². The minimum Gasteiger partial charge on any atom is -0.313 e. The third-order valence-corrected chi connectivity index (χ3v) is 5.05. The van der Waals surface area contributed by atoms with Gasteiger partial charge in [0.1, 0.15) is 0 Å². The van der Waals surface area contributed by atoms with E-state index in [-0.39, 0.29) is 5.75 Å². The molecular formula is C13H16Cl2N2O2S. The molecule has 1 aliphatic rings. The van der Waals surface area contributed by atoms with Crippen LogP contribution < -0.4 is 10.0 Å². The minimum absolute atomic E-state index is 0.102. The summed E-state index contributed by atoms with van der Waals surface area (Å²) in [5.41, 5.74) is 1.73. The van der Waals surface area contributed by atoms with Crippen molar-refractivity contribution < 1.29 is 8.42 Å². The van der Waals surface area contributed by atoms with E-state index in [1.807, 2.05) is 6.08 Å². The molecule has 0 fully saturated rings. The zero-order valence-electron chi connectivity index (χ0n) is 10.8. The number of rotatable bonds is 5. The summed E-state index contributed by atoms with van der Waals surface area (Å²) in [6, 6.07) is 4.84. The number of nitrogens with one attached hydrogen (secondary N) is 2. The Hall–Kier alpha value is -0.590. The van der Waals surface area contributed by atoms with Gasteiger partial charge in [-0.3, -0.25) is 0 Å². The summed E-state index contributed by atoms with van der Waals surface area (Å²) in [5.74, 6) is -0.102. The van der Waals surface area contributed by atoms with Crippen molar-refractivity contribution in [1.29, 1.82) is 0 Å². The second-order valence-electron chi connectivity index (χ2n) is 4.65. The average Bonchev–Trinajstić information content (AvgIpc) is 2.42. The summed E-state index contributed by atoms with van der Waals surface area (Å²) >= 11 is 11.7. The molecule has 0 spiro atoms. The summed E-state index contributed by atoms with van der Waals surface area (Å²) in [4.78, 5) is 0. The summed E-state index contributed by atoms with van der Waals surface area (Å²) in [6.45, 7) is 2.05. The predicted molar refractivity (Wildman–Crippen MR) is 82.7 cm³/mol. The summed E-state index contributed by atoms with van der Waals surface area (Å²) in [7, 11) is -3.38. The van der Waals surface area contributed by atoms with Crippen molar-refractivity contribution in [2.45, 2.75) is 12.2 Å².